The molecule has 0 amide bonds. The summed E-state index contributed by atoms with van der Waals surface area (Å²) in [7, 11) is 3.19. The van der Waals surface area contributed by atoms with Crippen LogP contribution in [0.25, 0.3) is 0 Å². The van der Waals surface area contributed by atoms with Crippen molar-refractivity contribution in [2.75, 3.05) is 27.2 Å². The Labute approximate surface area is 159 Å². The third kappa shape index (κ3) is 5.37. The number of hydrogen-bond donors (Lipinski definition) is 1. The molecule has 1 aliphatic rings. The maximum Gasteiger partial charge on any atom is 0.308 e. The van der Waals surface area contributed by atoms with E-state index in [-0.39, 0.29) is 35.9 Å². The van der Waals surface area contributed by atoms with Gasteiger partial charge < -0.3 is 15.0 Å². The first kappa shape index (κ1) is 20.2. The van der Waals surface area contributed by atoms with Crippen LogP contribution < -0.4 is 5.32 Å². The van der Waals surface area contributed by atoms with Crippen LogP contribution in [0.15, 0.2) is 29.3 Å². The van der Waals surface area contributed by atoms with Crippen LogP contribution in [0.1, 0.15) is 24.0 Å². The summed E-state index contributed by atoms with van der Waals surface area (Å²) < 4.78 is 4.81. The molecule has 1 heterocycles. The highest BCUT2D eigenvalue weighted by atomic mass is 127. The predicted molar refractivity (Wildman–Crippen MR) is 103 cm³/mol. The van der Waals surface area contributed by atoms with E-state index in [1.54, 1.807) is 13.1 Å². The zero-order valence-corrected chi connectivity index (χ0v) is 16.3. The monoisotopic (exact) mass is 442 g/mol. The van der Waals surface area contributed by atoms with Crippen LogP contribution in [0.5, 0.6) is 0 Å². The first-order valence-electron chi connectivity index (χ1n) is 7.70. The lowest BCUT2D eigenvalue weighted by molar-refractivity contribution is -0.146. The fraction of sp³-hybridized carbons (Fsp3) is 0.471. The Bertz CT molecular complexity index is 619. The quantitative estimate of drug-likeness (QED) is 0.336. The number of rotatable bonds is 3. The number of carbonyl (C=O) groups excluding carboxylic acids is 1. The van der Waals surface area contributed by atoms with Gasteiger partial charge in [-0.3, -0.25) is 9.79 Å². The molecule has 0 spiro atoms. The summed E-state index contributed by atoms with van der Waals surface area (Å²) in [5.74, 6) is 0.679. The number of ether oxygens (including phenoxy) is 1. The number of nitrogens with one attached hydrogen (secondary N) is 1. The van der Waals surface area contributed by atoms with Crippen molar-refractivity contribution in [3.63, 3.8) is 0 Å². The fourth-order valence-electron chi connectivity index (χ4n) is 2.76. The van der Waals surface area contributed by atoms with E-state index in [1.165, 1.54) is 7.11 Å². The van der Waals surface area contributed by atoms with E-state index >= 15 is 0 Å². The first-order valence-corrected chi connectivity index (χ1v) is 7.70. The second-order valence-corrected chi connectivity index (χ2v) is 5.50. The van der Waals surface area contributed by atoms with Crippen molar-refractivity contribution in [3.8, 4) is 6.07 Å². The molecule has 1 aliphatic heterocycles. The van der Waals surface area contributed by atoms with Crippen molar-refractivity contribution in [1.82, 2.24) is 10.2 Å². The number of hydrogen-bond acceptors (Lipinski definition) is 4. The molecule has 1 saturated heterocycles. The average molecular weight is 442 g/mol. The van der Waals surface area contributed by atoms with Crippen LogP contribution in [0.3, 0.4) is 0 Å². The van der Waals surface area contributed by atoms with Gasteiger partial charge in [0.15, 0.2) is 5.96 Å². The van der Waals surface area contributed by atoms with Crippen molar-refractivity contribution in [2.45, 2.75) is 19.4 Å². The second kappa shape index (κ2) is 10.1. The molecule has 0 radical (unpaired) electrons. The number of guanidine groups is 1. The summed E-state index contributed by atoms with van der Waals surface area (Å²) in [6, 6.07) is 9.65. The minimum atomic E-state index is -0.124. The van der Waals surface area contributed by atoms with Gasteiger partial charge in [-0.25, -0.2) is 0 Å². The van der Waals surface area contributed by atoms with E-state index in [1.807, 2.05) is 18.2 Å². The van der Waals surface area contributed by atoms with Crippen LogP contribution >= 0.6 is 24.0 Å². The molecule has 130 valence electrons. The van der Waals surface area contributed by atoms with E-state index < -0.39 is 0 Å². The molecule has 0 atom stereocenters. The van der Waals surface area contributed by atoms with Gasteiger partial charge in [0.1, 0.15) is 0 Å². The Morgan fingerprint density at radius 2 is 2.17 bits per heavy atom. The maximum atomic E-state index is 11.6. The summed E-state index contributed by atoms with van der Waals surface area (Å²) in [6.07, 6.45) is 1.55. The van der Waals surface area contributed by atoms with Gasteiger partial charge in [-0.1, -0.05) is 12.1 Å². The maximum absolute atomic E-state index is 11.6. The van der Waals surface area contributed by atoms with Crippen molar-refractivity contribution in [1.29, 1.82) is 5.26 Å². The van der Waals surface area contributed by atoms with Gasteiger partial charge in [-0.2, -0.15) is 5.26 Å². The third-order valence-corrected chi connectivity index (χ3v) is 4.05. The zero-order valence-electron chi connectivity index (χ0n) is 14.0. The van der Waals surface area contributed by atoms with Crippen LogP contribution in [0.2, 0.25) is 0 Å². The number of benzene rings is 1. The minimum absolute atomic E-state index is 0. The van der Waals surface area contributed by atoms with Gasteiger partial charge >= 0.3 is 5.97 Å². The fourth-order valence-corrected chi connectivity index (χ4v) is 2.76. The van der Waals surface area contributed by atoms with Gasteiger partial charge in [0.25, 0.3) is 0 Å². The minimum Gasteiger partial charge on any atom is -0.469 e. The van der Waals surface area contributed by atoms with Gasteiger partial charge in [0, 0.05) is 26.7 Å². The summed E-state index contributed by atoms with van der Waals surface area (Å²) >= 11 is 0. The number of nitrogens with zero attached hydrogens (tertiary/aromatic N) is 3. The largest absolute Gasteiger partial charge is 0.469 e. The lowest BCUT2D eigenvalue weighted by Gasteiger charge is -2.33. The SMILES string of the molecule is CN=C(NCc1cccc(C#N)c1)N1CCC(C(=O)OC)CC1.I. The van der Waals surface area contributed by atoms with Crippen molar-refractivity contribution in [3.05, 3.63) is 35.4 Å². The molecule has 0 bridgehead atoms. The van der Waals surface area contributed by atoms with E-state index in [9.17, 15) is 4.79 Å². The second-order valence-electron chi connectivity index (χ2n) is 5.50. The van der Waals surface area contributed by atoms with Crippen molar-refractivity contribution in [2.24, 2.45) is 10.9 Å². The average Bonchev–Trinajstić information content (AvgIpc) is 2.62. The topological polar surface area (TPSA) is 77.7 Å². The molecular weight excluding hydrogens is 419 g/mol. The molecule has 7 heteroatoms. The van der Waals surface area contributed by atoms with Crippen LogP contribution in [-0.2, 0) is 16.1 Å². The smallest absolute Gasteiger partial charge is 0.308 e. The summed E-state index contributed by atoms with van der Waals surface area (Å²) in [5, 5.41) is 12.3. The van der Waals surface area contributed by atoms with Crippen LogP contribution in [-0.4, -0.2) is 44.1 Å². The molecular formula is C17H23IN4O2. The summed E-state index contributed by atoms with van der Waals surface area (Å²) in [4.78, 5) is 18.0. The van der Waals surface area contributed by atoms with Crippen molar-refractivity contribution >= 4 is 35.9 Å². The molecule has 0 aliphatic carbocycles. The molecule has 1 aromatic rings. The molecule has 1 fully saturated rings. The molecule has 1 aromatic carbocycles. The predicted octanol–water partition coefficient (Wildman–Crippen LogP) is 2.14. The Morgan fingerprint density at radius 3 is 2.75 bits per heavy atom. The highest BCUT2D eigenvalue weighted by Gasteiger charge is 2.26. The molecule has 24 heavy (non-hydrogen) atoms. The Morgan fingerprint density at radius 1 is 1.46 bits per heavy atom. The molecule has 0 aromatic heterocycles. The van der Waals surface area contributed by atoms with E-state index in [4.69, 9.17) is 10.00 Å². The number of aliphatic imine (C=N–C) groups is 1. The number of halogens is 1. The van der Waals surface area contributed by atoms with Gasteiger partial charge in [0.05, 0.1) is 24.7 Å². The Hall–Kier alpha value is -1.82. The Kier molecular flexibility index (Phi) is 8.54. The highest BCUT2D eigenvalue weighted by Crippen LogP contribution is 2.18. The normalized spacial score (nSPS) is 15.2. The van der Waals surface area contributed by atoms with Crippen LogP contribution in [0, 0.1) is 17.2 Å². The third-order valence-electron chi connectivity index (χ3n) is 4.05. The number of carbonyl (C=O) groups is 1. The zero-order chi connectivity index (χ0) is 16.7. The Balaban J connectivity index is 0.00000288. The van der Waals surface area contributed by atoms with Gasteiger partial charge in [-0.15, -0.1) is 24.0 Å². The lowest BCUT2D eigenvalue weighted by Crippen LogP contribution is -2.46. The van der Waals surface area contributed by atoms with E-state index in [0.29, 0.717) is 12.1 Å². The van der Waals surface area contributed by atoms with Crippen LogP contribution in [0.4, 0.5) is 0 Å². The van der Waals surface area contributed by atoms with Gasteiger partial charge in [0.2, 0.25) is 0 Å². The standard InChI is InChI=1S/C17H22N4O2.HI/c1-19-17(20-12-14-5-3-4-13(10-14)11-18)21-8-6-15(7-9-21)16(22)23-2;/h3-5,10,15H,6-9,12H2,1-2H3,(H,19,20);1H. The number of esters is 1. The van der Waals surface area contributed by atoms with E-state index in [0.717, 1.165) is 37.5 Å². The van der Waals surface area contributed by atoms with Crippen molar-refractivity contribution < 1.29 is 9.53 Å². The lowest BCUT2D eigenvalue weighted by atomic mass is 9.97. The number of methoxy groups -OCH3 is 1. The van der Waals surface area contributed by atoms with Gasteiger partial charge in [-0.05, 0) is 30.5 Å². The number of likely N-dealkylation sites (tertiary alicyclic amines) is 1. The summed E-state index contributed by atoms with van der Waals surface area (Å²) in [6.45, 7) is 2.16. The molecule has 2 rings (SSSR count). The first-order chi connectivity index (χ1) is 11.2. The molecule has 0 saturated carbocycles. The number of piperidine rings is 1. The number of nitriles is 1. The van der Waals surface area contributed by atoms with E-state index in [2.05, 4.69) is 21.3 Å². The summed E-state index contributed by atoms with van der Waals surface area (Å²) in [5.41, 5.74) is 1.69. The molecule has 6 nitrogen and oxygen atoms in total. The molecule has 0 unspecified atom stereocenters. The highest BCUT2D eigenvalue weighted by molar-refractivity contribution is 14.0. The molecule has 1 N–H and O–H groups in total.